The van der Waals surface area contributed by atoms with Gasteiger partial charge in [0, 0.05) is 28.1 Å². The Balaban J connectivity index is 2.20. The van der Waals surface area contributed by atoms with E-state index in [2.05, 4.69) is 9.97 Å². The Labute approximate surface area is 145 Å². The standard InChI is InChI=1S/C19H11F3N2S/c20-19(21,22)16-15(12-5-2-1-3-6-12)14-7-4-9-23-18(14)24-17(16)13-8-10-25-11-13/h1-11H. The number of hydrogen-bond donors (Lipinski definition) is 0. The minimum Gasteiger partial charge on any atom is -0.237 e. The van der Waals surface area contributed by atoms with Gasteiger partial charge in [0.15, 0.2) is 5.65 Å². The molecule has 0 amide bonds. The lowest BCUT2D eigenvalue weighted by Crippen LogP contribution is -2.12. The second-order valence-corrected chi connectivity index (χ2v) is 6.24. The van der Waals surface area contributed by atoms with E-state index in [1.54, 1.807) is 59.3 Å². The van der Waals surface area contributed by atoms with Crippen LogP contribution < -0.4 is 0 Å². The van der Waals surface area contributed by atoms with Gasteiger partial charge in [0.25, 0.3) is 0 Å². The predicted octanol–water partition coefficient (Wildman–Crippen LogP) is 6.04. The highest BCUT2D eigenvalue weighted by Crippen LogP contribution is 2.45. The average molecular weight is 356 g/mol. The van der Waals surface area contributed by atoms with Crippen molar-refractivity contribution in [3.63, 3.8) is 0 Å². The third kappa shape index (κ3) is 2.78. The first-order valence-corrected chi connectivity index (χ1v) is 8.44. The number of hydrogen-bond acceptors (Lipinski definition) is 3. The van der Waals surface area contributed by atoms with E-state index in [1.165, 1.54) is 17.5 Å². The highest BCUT2D eigenvalue weighted by Gasteiger charge is 2.39. The van der Waals surface area contributed by atoms with Crippen LogP contribution in [0.4, 0.5) is 13.2 Å². The summed E-state index contributed by atoms with van der Waals surface area (Å²) in [4.78, 5) is 8.43. The zero-order valence-electron chi connectivity index (χ0n) is 12.8. The van der Waals surface area contributed by atoms with Gasteiger partial charge in [-0.2, -0.15) is 24.5 Å². The topological polar surface area (TPSA) is 25.8 Å². The van der Waals surface area contributed by atoms with Crippen molar-refractivity contribution in [2.45, 2.75) is 6.18 Å². The minimum absolute atomic E-state index is 0.0844. The summed E-state index contributed by atoms with van der Waals surface area (Å²) in [5.74, 6) is 0. The Morgan fingerprint density at radius 1 is 0.880 bits per heavy atom. The van der Waals surface area contributed by atoms with Crippen LogP contribution in [0.1, 0.15) is 5.56 Å². The summed E-state index contributed by atoms with van der Waals surface area (Å²) in [7, 11) is 0. The first-order chi connectivity index (χ1) is 12.1. The fourth-order valence-corrected chi connectivity index (χ4v) is 3.53. The van der Waals surface area contributed by atoms with Crippen LogP contribution in [-0.2, 0) is 6.18 Å². The van der Waals surface area contributed by atoms with Crippen molar-refractivity contribution in [1.29, 1.82) is 0 Å². The third-order valence-electron chi connectivity index (χ3n) is 3.90. The fourth-order valence-electron chi connectivity index (χ4n) is 2.88. The lowest BCUT2D eigenvalue weighted by atomic mass is 9.93. The van der Waals surface area contributed by atoms with Gasteiger partial charge in [-0.05, 0) is 29.1 Å². The third-order valence-corrected chi connectivity index (χ3v) is 4.58. The Bertz CT molecular complexity index is 1030. The number of aromatic nitrogens is 2. The largest absolute Gasteiger partial charge is 0.419 e. The Kier molecular flexibility index (Phi) is 3.77. The lowest BCUT2D eigenvalue weighted by Gasteiger charge is -2.18. The van der Waals surface area contributed by atoms with Crippen LogP contribution in [0.3, 0.4) is 0 Å². The SMILES string of the molecule is FC(F)(F)c1c(-c2ccsc2)nc2ncccc2c1-c1ccccc1. The molecule has 0 spiro atoms. The monoisotopic (exact) mass is 356 g/mol. The lowest BCUT2D eigenvalue weighted by molar-refractivity contribution is -0.136. The van der Waals surface area contributed by atoms with Crippen LogP contribution in [0, 0.1) is 0 Å². The summed E-state index contributed by atoms with van der Waals surface area (Å²) in [5, 5.41) is 3.79. The van der Waals surface area contributed by atoms with Crippen LogP contribution in [0.5, 0.6) is 0 Å². The van der Waals surface area contributed by atoms with Gasteiger partial charge in [-0.1, -0.05) is 30.3 Å². The number of rotatable bonds is 2. The van der Waals surface area contributed by atoms with Crippen molar-refractivity contribution in [1.82, 2.24) is 9.97 Å². The molecule has 0 atom stereocenters. The number of benzene rings is 1. The highest BCUT2D eigenvalue weighted by molar-refractivity contribution is 7.08. The number of nitrogens with zero attached hydrogens (tertiary/aromatic N) is 2. The summed E-state index contributed by atoms with van der Waals surface area (Å²) in [5.41, 5.74) is 0.549. The molecule has 0 fully saturated rings. The van der Waals surface area contributed by atoms with E-state index in [1.807, 2.05) is 0 Å². The van der Waals surface area contributed by atoms with Gasteiger partial charge in [-0.15, -0.1) is 0 Å². The summed E-state index contributed by atoms with van der Waals surface area (Å²) >= 11 is 1.33. The molecule has 3 aromatic heterocycles. The molecule has 25 heavy (non-hydrogen) atoms. The summed E-state index contributed by atoms with van der Waals surface area (Å²) in [6.07, 6.45) is -3.01. The predicted molar refractivity (Wildman–Crippen MR) is 93.3 cm³/mol. The van der Waals surface area contributed by atoms with E-state index < -0.39 is 11.7 Å². The summed E-state index contributed by atoms with van der Waals surface area (Å²) in [6.45, 7) is 0. The molecule has 2 nitrogen and oxygen atoms in total. The van der Waals surface area contributed by atoms with E-state index >= 15 is 0 Å². The molecule has 124 valence electrons. The van der Waals surface area contributed by atoms with Gasteiger partial charge >= 0.3 is 6.18 Å². The van der Waals surface area contributed by atoms with Gasteiger partial charge in [-0.3, -0.25) is 0 Å². The van der Waals surface area contributed by atoms with E-state index in [0.717, 1.165) is 0 Å². The molecule has 4 aromatic rings. The average Bonchev–Trinajstić information content (AvgIpc) is 3.14. The molecule has 0 aliphatic rings. The molecule has 0 saturated carbocycles. The quantitative estimate of drug-likeness (QED) is 0.437. The molecule has 1 aromatic carbocycles. The number of halogens is 3. The maximum atomic E-state index is 14.1. The second-order valence-electron chi connectivity index (χ2n) is 5.46. The van der Waals surface area contributed by atoms with Crippen LogP contribution in [-0.4, -0.2) is 9.97 Å². The first-order valence-electron chi connectivity index (χ1n) is 7.49. The number of pyridine rings is 2. The van der Waals surface area contributed by atoms with E-state index in [0.29, 0.717) is 22.2 Å². The zero-order valence-corrected chi connectivity index (χ0v) is 13.6. The van der Waals surface area contributed by atoms with Crippen molar-refractivity contribution in [2.75, 3.05) is 0 Å². The molecule has 0 aliphatic heterocycles. The smallest absolute Gasteiger partial charge is 0.237 e. The van der Waals surface area contributed by atoms with Crippen LogP contribution in [0.2, 0.25) is 0 Å². The molecule has 0 N–H and O–H groups in total. The molecule has 0 unspecified atom stereocenters. The van der Waals surface area contributed by atoms with Crippen LogP contribution in [0.15, 0.2) is 65.5 Å². The normalized spacial score (nSPS) is 11.8. The maximum Gasteiger partial charge on any atom is 0.419 e. The molecule has 3 heterocycles. The maximum absolute atomic E-state index is 14.1. The highest BCUT2D eigenvalue weighted by atomic mass is 32.1. The first kappa shape index (κ1) is 15.8. The van der Waals surface area contributed by atoms with E-state index in [4.69, 9.17) is 0 Å². The molecule has 0 saturated heterocycles. The summed E-state index contributed by atoms with van der Waals surface area (Å²) < 4.78 is 42.2. The van der Waals surface area contributed by atoms with Crippen molar-refractivity contribution in [2.24, 2.45) is 0 Å². The van der Waals surface area contributed by atoms with Gasteiger partial charge in [0.2, 0.25) is 0 Å². The molecule has 0 aliphatic carbocycles. The van der Waals surface area contributed by atoms with Crippen molar-refractivity contribution >= 4 is 22.4 Å². The van der Waals surface area contributed by atoms with Crippen molar-refractivity contribution in [3.05, 3.63) is 71.1 Å². The summed E-state index contributed by atoms with van der Waals surface area (Å²) in [6, 6.07) is 13.5. The Morgan fingerprint density at radius 3 is 2.36 bits per heavy atom. The van der Waals surface area contributed by atoms with Gasteiger partial charge in [0.1, 0.15) is 0 Å². The minimum atomic E-state index is -4.54. The number of thiophene rings is 1. The molecule has 4 rings (SSSR count). The molecular formula is C19H11F3N2S. The van der Waals surface area contributed by atoms with Crippen LogP contribution >= 0.6 is 11.3 Å². The van der Waals surface area contributed by atoms with E-state index in [9.17, 15) is 13.2 Å². The van der Waals surface area contributed by atoms with Gasteiger partial charge in [0.05, 0.1) is 11.3 Å². The second kappa shape index (κ2) is 5.97. The van der Waals surface area contributed by atoms with Crippen LogP contribution in [0.25, 0.3) is 33.4 Å². The fraction of sp³-hybridized carbons (Fsp3) is 0.0526. The van der Waals surface area contributed by atoms with Crippen molar-refractivity contribution < 1.29 is 13.2 Å². The molecule has 0 radical (unpaired) electrons. The van der Waals surface area contributed by atoms with Crippen molar-refractivity contribution in [3.8, 4) is 22.4 Å². The van der Waals surface area contributed by atoms with E-state index in [-0.39, 0.29) is 11.3 Å². The Morgan fingerprint density at radius 2 is 1.68 bits per heavy atom. The number of alkyl halides is 3. The van der Waals surface area contributed by atoms with Gasteiger partial charge in [-0.25, -0.2) is 9.97 Å². The van der Waals surface area contributed by atoms with Gasteiger partial charge < -0.3 is 0 Å². The molecule has 6 heteroatoms. The Hall–Kier alpha value is -2.73. The zero-order chi connectivity index (χ0) is 17.4. The molecular weight excluding hydrogens is 345 g/mol. The number of fused-ring (bicyclic) bond motifs is 1. The molecule has 0 bridgehead atoms.